The Morgan fingerprint density at radius 1 is 1.07 bits per heavy atom. The summed E-state index contributed by atoms with van der Waals surface area (Å²) in [6, 6.07) is 9.37. The average molecular weight is 396 g/mol. The van der Waals surface area contributed by atoms with Crippen LogP contribution in [0.2, 0.25) is 0 Å². The molecule has 2 aromatic heterocycles. The monoisotopic (exact) mass is 395 g/mol. The Labute approximate surface area is 168 Å². The molecule has 1 amide bonds. The SMILES string of the molecule is O=C(c1ccncc1)N(Cc1csc(C2CCCCC2)n1)c1ccc(F)cc1. The summed E-state index contributed by atoms with van der Waals surface area (Å²) >= 11 is 1.68. The van der Waals surface area contributed by atoms with Crippen molar-refractivity contribution in [2.45, 2.75) is 44.6 Å². The number of nitrogens with zero attached hydrogens (tertiary/aromatic N) is 3. The highest BCUT2D eigenvalue weighted by atomic mass is 32.1. The van der Waals surface area contributed by atoms with Gasteiger partial charge in [0, 0.05) is 34.9 Å². The third-order valence-corrected chi connectivity index (χ3v) is 6.21. The van der Waals surface area contributed by atoms with Crippen molar-refractivity contribution in [3.05, 3.63) is 76.3 Å². The molecule has 4 rings (SSSR count). The van der Waals surface area contributed by atoms with E-state index >= 15 is 0 Å². The van der Waals surface area contributed by atoms with Gasteiger partial charge in [-0.1, -0.05) is 19.3 Å². The van der Waals surface area contributed by atoms with E-state index in [9.17, 15) is 9.18 Å². The van der Waals surface area contributed by atoms with Gasteiger partial charge in [0.2, 0.25) is 0 Å². The van der Waals surface area contributed by atoms with Crippen LogP contribution in [0.25, 0.3) is 0 Å². The Bertz CT molecular complexity index is 920. The minimum atomic E-state index is -0.326. The van der Waals surface area contributed by atoms with Crippen LogP contribution in [0.5, 0.6) is 0 Å². The van der Waals surface area contributed by atoms with Gasteiger partial charge in [0.15, 0.2) is 0 Å². The van der Waals surface area contributed by atoms with Crippen molar-refractivity contribution in [1.29, 1.82) is 0 Å². The van der Waals surface area contributed by atoms with Crippen molar-refractivity contribution < 1.29 is 9.18 Å². The van der Waals surface area contributed by atoms with E-state index in [0.29, 0.717) is 23.7 Å². The lowest BCUT2D eigenvalue weighted by molar-refractivity contribution is 0.0984. The van der Waals surface area contributed by atoms with E-state index in [2.05, 4.69) is 4.98 Å². The maximum absolute atomic E-state index is 13.4. The number of halogens is 1. The third-order valence-electron chi connectivity index (χ3n) is 5.15. The Morgan fingerprint density at radius 3 is 2.50 bits per heavy atom. The summed E-state index contributed by atoms with van der Waals surface area (Å²) in [6.45, 7) is 0.357. The molecule has 0 atom stereocenters. The summed E-state index contributed by atoms with van der Waals surface area (Å²) in [7, 11) is 0. The third kappa shape index (κ3) is 4.28. The zero-order chi connectivity index (χ0) is 19.3. The summed E-state index contributed by atoms with van der Waals surface area (Å²) in [5, 5.41) is 3.21. The van der Waals surface area contributed by atoms with Crippen LogP contribution in [-0.2, 0) is 6.54 Å². The molecule has 0 radical (unpaired) electrons. The van der Waals surface area contributed by atoms with Gasteiger partial charge in [0.1, 0.15) is 5.82 Å². The lowest BCUT2D eigenvalue weighted by Crippen LogP contribution is -2.30. The Kier molecular flexibility index (Phi) is 5.76. The van der Waals surface area contributed by atoms with Crippen LogP contribution in [0.15, 0.2) is 54.2 Å². The second-order valence-electron chi connectivity index (χ2n) is 7.12. The predicted octanol–water partition coefficient (Wildman–Crippen LogP) is 5.57. The molecule has 4 nitrogen and oxygen atoms in total. The molecule has 1 aliphatic carbocycles. The first-order valence-corrected chi connectivity index (χ1v) is 10.5. The van der Waals surface area contributed by atoms with E-state index in [1.165, 1.54) is 49.2 Å². The van der Waals surface area contributed by atoms with Gasteiger partial charge < -0.3 is 4.90 Å². The van der Waals surface area contributed by atoms with Crippen molar-refractivity contribution in [2.75, 3.05) is 4.90 Å². The normalized spacial score (nSPS) is 14.8. The first-order chi connectivity index (χ1) is 13.7. The molecule has 0 N–H and O–H groups in total. The van der Waals surface area contributed by atoms with E-state index < -0.39 is 0 Å². The van der Waals surface area contributed by atoms with Crippen molar-refractivity contribution in [3.8, 4) is 0 Å². The minimum absolute atomic E-state index is 0.152. The zero-order valence-electron chi connectivity index (χ0n) is 15.6. The van der Waals surface area contributed by atoms with E-state index in [-0.39, 0.29) is 11.7 Å². The maximum Gasteiger partial charge on any atom is 0.258 e. The first-order valence-electron chi connectivity index (χ1n) is 9.62. The molecule has 3 aromatic rings. The molecule has 1 fully saturated rings. The van der Waals surface area contributed by atoms with Crippen molar-refractivity contribution in [3.63, 3.8) is 0 Å². The summed E-state index contributed by atoms with van der Waals surface area (Å²) in [5.41, 5.74) is 2.06. The molecule has 0 bridgehead atoms. The zero-order valence-corrected chi connectivity index (χ0v) is 16.4. The van der Waals surface area contributed by atoms with Crippen LogP contribution in [0.3, 0.4) is 0 Å². The van der Waals surface area contributed by atoms with E-state index in [1.807, 2.05) is 5.38 Å². The van der Waals surface area contributed by atoms with Crippen molar-refractivity contribution >= 4 is 22.9 Å². The van der Waals surface area contributed by atoms with Gasteiger partial charge in [-0.3, -0.25) is 9.78 Å². The van der Waals surface area contributed by atoms with Gasteiger partial charge in [-0.05, 0) is 49.2 Å². The molecule has 2 heterocycles. The lowest BCUT2D eigenvalue weighted by atomic mass is 9.90. The van der Waals surface area contributed by atoms with E-state index in [1.54, 1.807) is 52.9 Å². The number of hydrogen-bond donors (Lipinski definition) is 0. The van der Waals surface area contributed by atoms with Gasteiger partial charge >= 0.3 is 0 Å². The molecule has 1 saturated carbocycles. The van der Waals surface area contributed by atoms with Gasteiger partial charge in [0.25, 0.3) is 5.91 Å². The fourth-order valence-corrected chi connectivity index (χ4v) is 4.63. The molecule has 0 aliphatic heterocycles. The number of benzene rings is 1. The van der Waals surface area contributed by atoms with Crippen LogP contribution in [0.1, 0.15) is 59.1 Å². The second-order valence-corrected chi connectivity index (χ2v) is 8.01. The van der Waals surface area contributed by atoms with Crippen molar-refractivity contribution in [2.24, 2.45) is 0 Å². The van der Waals surface area contributed by atoms with Crippen LogP contribution in [0, 0.1) is 5.82 Å². The molecule has 1 aliphatic rings. The molecule has 0 spiro atoms. The summed E-state index contributed by atoms with van der Waals surface area (Å²) < 4.78 is 13.4. The van der Waals surface area contributed by atoms with Gasteiger partial charge in [-0.2, -0.15) is 0 Å². The molecule has 0 saturated heterocycles. The highest BCUT2D eigenvalue weighted by Gasteiger charge is 2.22. The molecule has 28 heavy (non-hydrogen) atoms. The van der Waals surface area contributed by atoms with Gasteiger partial charge in [-0.25, -0.2) is 9.37 Å². The number of pyridine rings is 1. The fraction of sp³-hybridized carbons (Fsp3) is 0.318. The molecular formula is C22H22FN3OS. The largest absolute Gasteiger partial charge is 0.302 e. The summed E-state index contributed by atoms with van der Waals surface area (Å²) in [5.74, 6) is 0.0669. The number of rotatable bonds is 5. The number of thiazole rings is 1. The number of aromatic nitrogens is 2. The van der Waals surface area contributed by atoms with Gasteiger partial charge in [-0.15, -0.1) is 11.3 Å². The van der Waals surface area contributed by atoms with E-state index in [4.69, 9.17) is 4.98 Å². The maximum atomic E-state index is 13.4. The predicted molar refractivity (Wildman–Crippen MR) is 109 cm³/mol. The number of amides is 1. The molecule has 6 heteroatoms. The van der Waals surface area contributed by atoms with E-state index in [0.717, 1.165) is 5.69 Å². The Morgan fingerprint density at radius 2 is 1.79 bits per heavy atom. The number of anilines is 1. The Balaban J connectivity index is 1.59. The second kappa shape index (κ2) is 8.61. The highest BCUT2D eigenvalue weighted by Crippen LogP contribution is 2.34. The standard InChI is InChI=1S/C22H22FN3OS/c23-18-6-8-20(9-7-18)26(22(27)17-10-12-24-13-11-17)14-19-15-28-21(25-19)16-4-2-1-3-5-16/h6-13,15-16H,1-5,14H2. The number of carbonyl (C=O) groups excluding carboxylic acids is 1. The summed E-state index contributed by atoms with van der Waals surface area (Å²) in [4.78, 5) is 23.6. The molecular weight excluding hydrogens is 373 g/mol. The minimum Gasteiger partial charge on any atom is -0.302 e. The van der Waals surface area contributed by atoms with Crippen LogP contribution >= 0.6 is 11.3 Å². The molecule has 144 valence electrons. The molecule has 0 unspecified atom stereocenters. The number of hydrogen-bond acceptors (Lipinski definition) is 4. The average Bonchev–Trinajstić information content (AvgIpc) is 3.22. The van der Waals surface area contributed by atoms with Crippen LogP contribution in [-0.4, -0.2) is 15.9 Å². The van der Waals surface area contributed by atoms with Crippen LogP contribution in [0.4, 0.5) is 10.1 Å². The number of carbonyl (C=O) groups is 1. The highest BCUT2D eigenvalue weighted by molar-refractivity contribution is 7.09. The van der Waals surface area contributed by atoms with Crippen molar-refractivity contribution in [1.82, 2.24) is 9.97 Å². The van der Waals surface area contributed by atoms with Crippen LogP contribution < -0.4 is 4.90 Å². The topological polar surface area (TPSA) is 46.1 Å². The lowest BCUT2D eigenvalue weighted by Gasteiger charge is -2.22. The van der Waals surface area contributed by atoms with Gasteiger partial charge in [0.05, 0.1) is 17.2 Å². The smallest absolute Gasteiger partial charge is 0.258 e. The Hall–Kier alpha value is -2.60. The fourth-order valence-electron chi connectivity index (χ4n) is 3.65. The summed E-state index contributed by atoms with van der Waals surface area (Å²) in [6.07, 6.45) is 9.44. The molecule has 1 aromatic carbocycles. The first kappa shape index (κ1) is 18.7. The quantitative estimate of drug-likeness (QED) is 0.567.